The molecule has 2 atom stereocenters. The van der Waals surface area contributed by atoms with E-state index < -0.39 is 6.04 Å². The molecule has 5 aromatic rings. The second kappa shape index (κ2) is 8.68. The topological polar surface area (TPSA) is 63.8 Å². The number of ether oxygens (including phenoxy) is 3. The predicted octanol–water partition coefficient (Wildman–Crippen LogP) is 5.74. The molecule has 0 radical (unpaired) electrons. The Bertz CT molecular complexity index is 1650. The number of aromatic amines is 1. The van der Waals surface area contributed by atoms with Gasteiger partial charge in [-0.1, -0.05) is 66.7 Å². The number of esters is 1. The third-order valence-electron chi connectivity index (χ3n) is 7.67. The smallest absolute Gasteiger partial charge is 0.323 e. The molecule has 0 saturated carbocycles. The molecule has 6 nitrogen and oxygen atoms in total. The van der Waals surface area contributed by atoms with Gasteiger partial charge in [-0.05, 0) is 45.7 Å². The van der Waals surface area contributed by atoms with Crippen molar-refractivity contribution in [2.75, 3.05) is 13.9 Å². The summed E-state index contributed by atoms with van der Waals surface area (Å²) in [7, 11) is 1.47. The van der Waals surface area contributed by atoms with Gasteiger partial charge in [0.1, 0.15) is 6.04 Å². The van der Waals surface area contributed by atoms with Crippen LogP contribution in [0.1, 0.15) is 28.4 Å². The molecular weight excluding hydrogens is 464 g/mol. The molecule has 1 N–H and O–H groups in total. The monoisotopic (exact) mass is 490 g/mol. The molecule has 2 aliphatic heterocycles. The van der Waals surface area contributed by atoms with Crippen LogP contribution in [0.25, 0.3) is 21.7 Å². The minimum Gasteiger partial charge on any atom is -0.468 e. The van der Waals surface area contributed by atoms with Crippen LogP contribution in [0.4, 0.5) is 0 Å². The highest BCUT2D eigenvalue weighted by molar-refractivity contribution is 5.88. The molecule has 0 aliphatic carbocycles. The Balaban J connectivity index is 1.44. The lowest BCUT2D eigenvalue weighted by Gasteiger charge is -2.41. The Hall–Kier alpha value is -4.29. The van der Waals surface area contributed by atoms with Gasteiger partial charge in [0.2, 0.25) is 6.79 Å². The molecule has 184 valence electrons. The summed E-state index contributed by atoms with van der Waals surface area (Å²) in [5.74, 6) is 1.23. The molecule has 37 heavy (non-hydrogen) atoms. The van der Waals surface area contributed by atoms with E-state index in [0.29, 0.717) is 13.0 Å². The van der Waals surface area contributed by atoms with Crippen LogP contribution in [0.15, 0.2) is 84.9 Å². The minimum absolute atomic E-state index is 0.214. The average Bonchev–Trinajstić information content (AvgIpc) is 3.56. The Morgan fingerprint density at radius 2 is 1.73 bits per heavy atom. The second-order valence-corrected chi connectivity index (χ2v) is 9.63. The van der Waals surface area contributed by atoms with E-state index in [0.717, 1.165) is 44.8 Å². The zero-order valence-corrected chi connectivity index (χ0v) is 20.4. The van der Waals surface area contributed by atoms with Crippen LogP contribution in [-0.4, -0.2) is 35.8 Å². The van der Waals surface area contributed by atoms with Crippen LogP contribution in [0.5, 0.6) is 11.5 Å². The first-order valence-corrected chi connectivity index (χ1v) is 12.5. The van der Waals surface area contributed by atoms with Gasteiger partial charge >= 0.3 is 5.97 Å². The van der Waals surface area contributed by atoms with E-state index in [1.807, 2.05) is 24.3 Å². The summed E-state index contributed by atoms with van der Waals surface area (Å²) < 4.78 is 16.7. The van der Waals surface area contributed by atoms with Crippen LogP contribution in [-0.2, 0) is 22.5 Å². The van der Waals surface area contributed by atoms with Crippen molar-refractivity contribution in [3.05, 3.63) is 107 Å². The highest BCUT2D eigenvalue weighted by atomic mass is 16.7. The lowest BCUT2D eigenvalue weighted by atomic mass is 9.87. The van der Waals surface area contributed by atoms with Crippen LogP contribution in [0.3, 0.4) is 0 Å². The van der Waals surface area contributed by atoms with Gasteiger partial charge in [-0.2, -0.15) is 0 Å². The van der Waals surface area contributed by atoms with E-state index in [9.17, 15) is 4.79 Å². The maximum absolute atomic E-state index is 13.3. The number of nitrogens with one attached hydrogen (secondary N) is 1. The summed E-state index contributed by atoms with van der Waals surface area (Å²) in [6.45, 7) is 0.792. The number of carbonyl (C=O) groups is 1. The number of hydrogen-bond acceptors (Lipinski definition) is 5. The third-order valence-corrected chi connectivity index (χ3v) is 7.67. The normalized spacial score (nSPS) is 18.7. The number of para-hydroxylation sites is 1. The first-order valence-electron chi connectivity index (χ1n) is 12.5. The largest absolute Gasteiger partial charge is 0.468 e. The van der Waals surface area contributed by atoms with Crippen molar-refractivity contribution in [1.82, 2.24) is 9.88 Å². The molecule has 1 aromatic heterocycles. The molecule has 0 unspecified atom stereocenters. The molecule has 0 bridgehead atoms. The maximum Gasteiger partial charge on any atom is 0.323 e. The van der Waals surface area contributed by atoms with Crippen LogP contribution >= 0.6 is 0 Å². The molecule has 2 aliphatic rings. The van der Waals surface area contributed by atoms with Crippen LogP contribution < -0.4 is 9.47 Å². The summed E-state index contributed by atoms with van der Waals surface area (Å²) in [5.41, 5.74) is 5.51. The summed E-state index contributed by atoms with van der Waals surface area (Å²) in [6, 6.07) is 28.4. The van der Waals surface area contributed by atoms with Crippen LogP contribution in [0.2, 0.25) is 0 Å². The third kappa shape index (κ3) is 3.56. The number of hydrogen-bond donors (Lipinski definition) is 1. The van der Waals surface area contributed by atoms with Crippen molar-refractivity contribution >= 4 is 27.6 Å². The molecule has 4 aromatic carbocycles. The summed E-state index contributed by atoms with van der Waals surface area (Å²) >= 11 is 0. The lowest BCUT2D eigenvalue weighted by Crippen LogP contribution is -2.48. The molecular formula is C31H26N2O4. The van der Waals surface area contributed by atoms with E-state index in [2.05, 4.69) is 70.5 Å². The SMILES string of the molecule is COC(=O)[C@H]1Cc2c([nH]c3ccccc23)[C@H](c2ccc3c(c2)OCO3)N1Cc1cccc2ccccc12. The zero-order chi connectivity index (χ0) is 24.9. The van der Waals surface area contributed by atoms with Crippen molar-refractivity contribution in [1.29, 1.82) is 0 Å². The Labute approximate surface area is 214 Å². The van der Waals surface area contributed by atoms with Gasteiger partial charge < -0.3 is 19.2 Å². The Kier molecular flexibility index (Phi) is 5.15. The minimum atomic E-state index is -0.453. The fourth-order valence-electron chi connectivity index (χ4n) is 5.96. The molecule has 7 rings (SSSR count). The number of carbonyl (C=O) groups excluding carboxylic acids is 1. The van der Waals surface area contributed by atoms with Crippen molar-refractivity contribution in [3.8, 4) is 11.5 Å². The number of fused-ring (bicyclic) bond motifs is 5. The number of rotatable bonds is 4. The summed E-state index contributed by atoms with van der Waals surface area (Å²) in [6.07, 6.45) is 0.567. The van der Waals surface area contributed by atoms with E-state index >= 15 is 0 Å². The maximum atomic E-state index is 13.3. The fraction of sp³-hybridized carbons (Fsp3) is 0.194. The average molecular weight is 491 g/mol. The van der Waals surface area contributed by atoms with Crippen molar-refractivity contribution in [2.24, 2.45) is 0 Å². The van der Waals surface area contributed by atoms with E-state index in [1.54, 1.807) is 0 Å². The number of H-pyrrole nitrogens is 1. The van der Waals surface area contributed by atoms with Crippen LogP contribution in [0, 0.1) is 0 Å². The van der Waals surface area contributed by atoms with Gasteiger partial charge in [0, 0.05) is 29.6 Å². The molecule has 0 saturated heterocycles. The van der Waals surface area contributed by atoms with Gasteiger partial charge in [0.25, 0.3) is 0 Å². The Morgan fingerprint density at radius 1 is 0.946 bits per heavy atom. The van der Waals surface area contributed by atoms with Gasteiger partial charge in [0.05, 0.1) is 13.2 Å². The summed E-state index contributed by atoms with van der Waals surface area (Å²) in [4.78, 5) is 19.3. The molecule has 3 heterocycles. The number of nitrogens with zero attached hydrogens (tertiary/aromatic N) is 1. The second-order valence-electron chi connectivity index (χ2n) is 9.63. The summed E-state index contributed by atoms with van der Waals surface area (Å²) in [5, 5.41) is 3.50. The number of methoxy groups -OCH3 is 1. The molecule has 0 amide bonds. The quantitative estimate of drug-likeness (QED) is 0.326. The zero-order valence-electron chi connectivity index (χ0n) is 20.4. The number of aromatic nitrogens is 1. The van der Waals surface area contributed by atoms with Gasteiger partial charge in [0.15, 0.2) is 11.5 Å². The highest BCUT2D eigenvalue weighted by Gasteiger charge is 2.42. The predicted molar refractivity (Wildman–Crippen MR) is 142 cm³/mol. The van der Waals surface area contributed by atoms with Gasteiger partial charge in [-0.25, -0.2) is 0 Å². The van der Waals surface area contributed by atoms with Crippen molar-refractivity contribution in [2.45, 2.75) is 25.0 Å². The van der Waals surface area contributed by atoms with Gasteiger partial charge in [-0.15, -0.1) is 0 Å². The van der Waals surface area contributed by atoms with Gasteiger partial charge in [-0.3, -0.25) is 9.69 Å². The Morgan fingerprint density at radius 3 is 2.62 bits per heavy atom. The molecule has 0 spiro atoms. The van der Waals surface area contributed by atoms with Crippen molar-refractivity contribution in [3.63, 3.8) is 0 Å². The van der Waals surface area contributed by atoms with Crippen molar-refractivity contribution < 1.29 is 19.0 Å². The molecule has 0 fully saturated rings. The first-order chi connectivity index (χ1) is 18.2. The van der Waals surface area contributed by atoms with E-state index in [-0.39, 0.29) is 18.8 Å². The van der Waals surface area contributed by atoms with E-state index in [1.165, 1.54) is 17.9 Å². The highest BCUT2D eigenvalue weighted by Crippen LogP contribution is 2.44. The standard InChI is InChI=1S/C31H26N2O4/c1-35-31(34)26-16-24-23-11-4-5-12-25(23)32-29(24)30(20-13-14-27-28(15-20)37-18-36-27)33(26)17-21-9-6-8-19-7-2-3-10-22(19)21/h2-15,26,30,32H,16-18H2,1H3/t26-,30+/m1/s1. The van der Waals surface area contributed by atoms with E-state index in [4.69, 9.17) is 14.2 Å². The first kappa shape index (κ1) is 21.9. The fourth-order valence-corrected chi connectivity index (χ4v) is 5.96. The molecule has 6 heteroatoms. The number of benzene rings is 4. The lowest BCUT2D eigenvalue weighted by molar-refractivity contribution is -0.148.